The van der Waals surface area contributed by atoms with Gasteiger partial charge in [-0.25, -0.2) is 4.98 Å². The number of ketones is 1. The normalized spacial score (nSPS) is 12.1. The molecule has 1 rings (SSSR count). The van der Waals surface area contributed by atoms with Crippen LogP contribution in [0.15, 0.2) is 5.38 Å². The van der Waals surface area contributed by atoms with Crippen molar-refractivity contribution in [2.45, 2.75) is 65.3 Å². The van der Waals surface area contributed by atoms with Crippen molar-refractivity contribution < 1.29 is 4.79 Å². The van der Waals surface area contributed by atoms with Crippen molar-refractivity contribution in [2.75, 3.05) is 6.54 Å². The molecule has 19 heavy (non-hydrogen) atoms. The maximum absolute atomic E-state index is 11.9. The molecule has 0 atom stereocenters. The molecule has 1 aromatic rings. The fourth-order valence-corrected chi connectivity index (χ4v) is 2.72. The van der Waals surface area contributed by atoms with Crippen LogP contribution in [-0.4, -0.2) is 23.4 Å². The van der Waals surface area contributed by atoms with Crippen molar-refractivity contribution in [3.63, 3.8) is 0 Å². The second-order valence-corrected chi connectivity index (χ2v) is 7.25. The van der Waals surface area contributed by atoms with Gasteiger partial charge in [-0.15, -0.1) is 11.3 Å². The smallest absolute Gasteiger partial charge is 0.139 e. The molecule has 0 bridgehead atoms. The van der Waals surface area contributed by atoms with Crippen LogP contribution in [0.3, 0.4) is 0 Å². The van der Waals surface area contributed by atoms with E-state index in [2.05, 4.69) is 50.3 Å². The lowest BCUT2D eigenvalue weighted by atomic mass is 9.93. The van der Waals surface area contributed by atoms with Gasteiger partial charge in [0.1, 0.15) is 10.8 Å². The second-order valence-electron chi connectivity index (χ2n) is 6.30. The largest absolute Gasteiger partial charge is 0.315 e. The van der Waals surface area contributed by atoms with Crippen LogP contribution >= 0.6 is 11.3 Å². The molecule has 108 valence electrons. The molecule has 0 spiro atoms. The van der Waals surface area contributed by atoms with Gasteiger partial charge in [-0.1, -0.05) is 34.6 Å². The number of nitrogens with zero attached hydrogens (tertiary/aromatic N) is 1. The highest BCUT2D eigenvalue weighted by Crippen LogP contribution is 2.24. The Bertz CT molecular complexity index is 405. The summed E-state index contributed by atoms with van der Waals surface area (Å²) in [5.74, 6) is 0.292. The Hall–Kier alpha value is -0.740. The zero-order valence-corrected chi connectivity index (χ0v) is 13.6. The summed E-state index contributed by atoms with van der Waals surface area (Å²) in [4.78, 5) is 16.4. The van der Waals surface area contributed by atoms with Crippen LogP contribution in [0.25, 0.3) is 0 Å². The van der Waals surface area contributed by atoms with E-state index in [1.807, 2.05) is 0 Å². The Morgan fingerprint density at radius 1 is 1.42 bits per heavy atom. The molecule has 0 aliphatic carbocycles. The minimum Gasteiger partial charge on any atom is -0.315 e. The fourth-order valence-electron chi connectivity index (χ4n) is 1.67. The van der Waals surface area contributed by atoms with E-state index in [1.165, 1.54) is 0 Å². The Labute approximate surface area is 120 Å². The van der Waals surface area contributed by atoms with Crippen molar-refractivity contribution in [3.8, 4) is 0 Å². The summed E-state index contributed by atoms with van der Waals surface area (Å²) in [7, 11) is 0. The van der Waals surface area contributed by atoms with E-state index in [0.717, 1.165) is 23.7 Å². The number of hydrogen-bond acceptors (Lipinski definition) is 4. The fraction of sp³-hybridized carbons (Fsp3) is 0.733. The van der Waals surface area contributed by atoms with Crippen LogP contribution in [0.1, 0.15) is 58.2 Å². The monoisotopic (exact) mass is 282 g/mol. The first-order chi connectivity index (χ1) is 8.79. The number of carbonyl (C=O) groups is 1. The molecule has 1 aromatic heterocycles. The van der Waals surface area contributed by atoms with E-state index in [1.54, 1.807) is 11.3 Å². The van der Waals surface area contributed by atoms with Crippen molar-refractivity contribution in [2.24, 2.45) is 0 Å². The molecule has 1 N–H and O–H groups in total. The minimum absolute atomic E-state index is 0.0684. The van der Waals surface area contributed by atoms with Gasteiger partial charge in [0.25, 0.3) is 0 Å². The third-order valence-corrected chi connectivity index (χ3v) is 3.70. The predicted octanol–water partition coefficient (Wildman–Crippen LogP) is 3.33. The lowest BCUT2D eigenvalue weighted by molar-refractivity contribution is -0.118. The maximum atomic E-state index is 11.9. The Kier molecular flexibility index (Phi) is 6.14. The van der Waals surface area contributed by atoms with Crippen molar-refractivity contribution in [1.82, 2.24) is 10.3 Å². The number of nitrogens with one attached hydrogen (secondary N) is 1. The number of carbonyl (C=O) groups excluding carboxylic acids is 1. The van der Waals surface area contributed by atoms with E-state index in [9.17, 15) is 4.79 Å². The van der Waals surface area contributed by atoms with Crippen LogP contribution in [-0.2, 0) is 16.6 Å². The lowest BCUT2D eigenvalue weighted by Crippen LogP contribution is -2.24. The lowest BCUT2D eigenvalue weighted by Gasteiger charge is -2.14. The maximum Gasteiger partial charge on any atom is 0.139 e. The molecule has 0 aliphatic heterocycles. The number of rotatable bonds is 7. The molecular weight excluding hydrogens is 256 g/mol. The van der Waals surface area contributed by atoms with Crippen LogP contribution in [0.4, 0.5) is 0 Å². The van der Waals surface area contributed by atoms with E-state index < -0.39 is 0 Å². The average Bonchev–Trinajstić information content (AvgIpc) is 2.72. The first-order valence-corrected chi connectivity index (χ1v) is 7.87. The SMILES string of the molecule is CC(C)NCCCC(=O)Cc1nc(C(C)(C)C)cs1. The van der Waals surface area contributed by atoms with Crippen LogP contribution in [0, 0.1) is 0 Å². The highest BCUT2D eigenvalue weighted by Gasteiger charge is 2.18. The number of thiazole rings is 1. The van der Waals surface area contributed by atoms with Crippen LogP contribution in [0.2, 0.25) is 0 Å². The van der Waals surface area contributed by atoms with E-state index in [4.69, 9.17) is 0 Å². The Morgan fingerprint density at radius 2 is 2.11 bits per heavy atom. The molecule has 0 saturated heterocycles. The third kappa shape index (κ3) is 6.30. The summed E-state index contributed by atoms with van der Waals surface area (Å²) in [5.41, 5.74) is 1.15. The van der Waals surface area contributed by atoms with Crippen LogP contribution < -0.4 is 5.32 Å². The highest BCUT2D eigenvalue weighted by atomic mass is 32.1. The molecule has 0 amide bonds. The zero-order chi connectivity index (χ0) is 14.5. The van der Waals surface area contributed by atoms with Gasteiger partial charge in [0.05, 0.1) is 12.1 Å². The quantitative estimate of drug-likeness (QED) is 0.780. The number of Topliss-reactive ketones (excluding diaryl/α,β-unsaturated/α-hetero) is 1. The van der Waals surface area contributed by atoms with Gasteiger partial charge in [-0.05, 0) is 13.0 Å². The van der Waals surface area contributed by atoms with Gasteiger partial charge in [-0.3, -0.25) is 4.79 Å². The summed E-state index contributed by atoms with van der Waals surface area (Å²) in [6, 6.07) is 0.489. The summed E-state index contributed by atoms with van der Waals surface area (Å²) in [6.45, 7) is 11.6. The van der Waals surface area contributed by atoms with Crippen molar-refractivity contribution in [1.29, 1.82) is 0 Å². The summed E-state index contributed by atoms with van der Waals surface area (Å²) in [6.07, 6.45) is 2.04. The highest BCUT2D eigenvalue weighted by molar-refractivity contribution is 7.09. The first kappa shape index (κ1) is 16.3. The van der Waals surface area contributed by atoms with Crippen molar-refractivity contribution >= 4 is 17.1 Å². The molecule has 0 radical (unpaired) electrons. The Balaban J connectivity index is 2.34. The molecular formula is C15H26N2OS. The molecule has 0 fully saturated rings. The van der Waals surface area contributed by atoms with Gasteiger partial charge < -0.3 is 5.32 Å². The molecule has 0 aromatic carbocycles. The summed E-state index contributed by atoms with van der Waals surface area (Å²) in [5, 5.41) is 6.35. The van der Waals surface area contributed by atoms with Crippen LogP contribution in [0.5, 0.6) is 0 Å². The number of hydrogen-bond donors (Lipinski definition) is 1. The summed E-state index contributed by atoms with van der Waals surface area (Å²) < 4.78 is 0. The third-order valence-electron chi connectivity index (χ3n) is 2.85. The molecule has 0 unspecified atom stereocenters. The average molecular weight is 282 g/mol. The second kappa shape index (κ2) is 7.15. The minimum atomic E-state index is 0.0684. The van der Waals surface area contributed by atoms with E-state index in [-0.39, 0.29) is 5.41 Å². The first-order valence-electron chi connectivity index (χ1n) is 6.99. The van der Waals surface area contributed by atoms with Gasteiger partial charge >= 0.3 is 0 Å². The molecule has 3 nitrogen and oxygen atoms in total. The summed E-state index contributed by atoms with van der Waals surface area (Å²) >= 11 is 1.60. The molecule has 0 aliphatic rings. The van der Waals surface area contributed by atoms with E-state index in [0.29, 0.717) is 24.7 Å². The standard InChI is InChI=1S/C15H26N2OS/c1-11(2)16-8-6-7-12(18)9-14-17-13(10-19-14)15(3,4)5/h10-11,16H,6-9H2,1-5H3. The van der Waals surface area contributed by atoms with Gasteiger partial charge in [-0.2, -0.15) is 0 Å². The molecule has 4 heteroatoms. The topological polar surface area (TPSA) is 42.0 Å². The predicted molar refractivity (Wildman–Crippen MR) is 81.9 cm³/mol. The van der Waals surface area contributed by atoms with Gasteiger partial charge in [0, 0.05) is 23.3 Å². The zero-order valence-electron chi connectivity index (χ0n) is 12.7. The Morgan fingerprint density at radius 3 is 2.63 bits per heavy atom. The van der Waals surface area contributed by atoms with Crippen molar-refractivity contribution in [3.05, 3.63) is 16.1 Å². The molecule has 0 saturated carbocycles. The number of aromatic nitrogens is 1. The van der Waals surface area contributed by atoms with Gasteiger partial charge in [0.15, 0.2) is 0 Å². The van der Waals surface area contributed by atoms with Gasteiger partial charge in [0.2, 0.25) is 0 Å². The van der Waals surface area contributed by atoms with E-state index >= 15 is 0 Å². The molecule has 1 heterocycles.